The van der Waals surface area contributed by atoms with Crippen molar-refractivity contribution in [3.05, 3.63) is 106 Å². The number of fused-ring (bicyclic) bond motifs is 1. The van der Waals surface area contributed by atoms with E-state index >= 15 is 0 Å². The first-order chi connectivity index (χ1) is 16.0. The second kappa shape index (κ2) is 9.19. The number of nitro groups is 1. The quantitative estimate of drug-likeness (QED) is 0.313. The lowest BCUT2D eigenvalue weighted by Gasteiger charge is -2.11. The third kappa shape index (κ3) is 4.64. The van der Waals surface area contributed by atoms with Crippen LogP contribution in [0.1, 0.15) is 20.7 Å². The highest BCUT2D eigenvalue weighted by Gasteiger charge is 2.18. The molecular formula is C25H19N3O5. The number of amides is 2. The molecule has 0 radical (unpaired) electrons. The monoisotopic (exact) mass is 441 g/mol. The number of ether oxygens (including phenoxy) is 1. The van der Waals surface area contributed by atoms with Gasteiger partial charge in [0.25, 0.3) is 11.8 Å². The van der Waals surface area contributed by atoms with Gasteiger partial charge in [-0.25, -0.2) is 0 Å². The van der Waals surface area contributed by atoms with Gasteiger partial charge in [-0.3, -0.25) is 19.7 Å². The second-order valence-corrected chi connectivity index (χ2v) is 7.16. The van der Waals surface area contributed by atoms with E-state index < -0.39 is 10.8 Å². The van der Waals surface area contributed by atoms with Crippen LogP contribution < -0.4 is 15.4 Å². The highest BCUT2D eigenvalue weighted by atomic mass is 16.6. The lowest BCUT2D eigenvalue weighted by atomic mass is 10.1. The molecule has 33 heavy (non-hydrogen) atoms. The van der Waals surface area contributed by atoms with Crippen molar-refractivity contribution in [3.63, 3.8) is 0 Å². The lowest BCUT2D eigenvalue weighted by molar-refractivity contribution is -0.385. The molecule has 0 bridgehead atoms. The number of nitro benzene ring substituents is 1. The van der Waals surface area contributed by atoms with Gasteiger partial charge in [0.1, 0.15) is 0 Å². The number of hydrogen-bond donors (Lipinski definition) is 2. The van der Waals surface area contributed by atoms with Crippen LogP contribution in [0.5, 0.6) is 5.75 Å². The normalized spacial score (nSPS) is 10.5. The number of carbonyl (C=O) groups is 2. The summed E-state index contributed by atoms with van der Waals surface area (Å²) in [5, 5.41) is 18.7. The molecule has 0 heterocycles. The summed E-state index contributed by atoms with van der Waals surface area (Å²) in [6, 6.07) is 23.7. The van der Waals surface area contributed by atoms with E-state index in [9.17, 15) is 19.7 Å². The van der Waals surface area contributed by atoms with Gasteiger partial charge >= 0.3 is 5.69 Å². The van der Waals surface area contributed by atoms with Gasteiger partial charge in [0, 0.05) is 34.0 Å². The van der Waals surface area contributed by atoms with Crippen LogP contribution in [-0.2, 0) is 0 Å². The van der Waals surface area contributed by atoms with Crippen molar-refractivity contribution >= 4 is 39.6 Å². The van der Waals surface area contributed by atoms with Crippen molar-refractivity contribution in [1.29, 1.82) is 0 Å². The number of hydrogen-bond acceptors (Lipinski definition) is 5. The second-order valence-electron chi connectivity index (χ2n) is 7.16. The fraction of sp³-hybridized carbons (Fsp3) is 0.0400. The molecule has 0 aliphatic heterocycles. The molecule has 0 unspecified atom stereocenters. The standard InChI is InChI=1S/C25H19N3O5/c1-33-23-13-12-18(15-22(23)28(31)32)24(29)26-19-9-4-8-17(14-19)25(30)27-21-11-5-7-16-6-2-3-10-20(16)21/h2-15H,1H3,(H,26,29)(H,27,30). The number of nitrogens with zero attached hydrogens (tertiary/aromatic N) is 1. The molecule has 0 saturated heterocycles. The number of benzene rings is 4. The van der Waals surface area contributed by atoms with Crippen LogP contribution in [-0.4, -0.2) is 23.8 Å². The van der Waals surface area contributed by atoms with Crippen molar-refractivity contribution in [3.8, 4) is 5.75 Å². The van der Waals surface area contributed by atoms with Gasteiger partial charge in [-0.1, -0.05) is 42.5 Å². The van der Waals surface area contributed by atoms with Gasteiger partial charge in [0.2, 0.25) is 0 Å². The molecule has 0 fully saturated rings. The minimum Gasteiger partial charge on any atom is -0.490 e. The number of nitrogens with one attached hydrogen (secondary N) is 2. The molecule has 0 aliphatic rings. The van der Waals surface area contributed by atoms with E-state index in [2.05, 4.69) is 10.6 Å². The summed E-state index contributed by atoms with van der Waals surface area (Å²) >= 11 is 0. The number of rotatable bonds is 6. The Bertz CT molecular complexity index is 1380. The third-order valence-electron chi connectivity index (χ3n) is 5.06. The van der Waals surface area contributed by atoms with Crippen molar-refractivity contribution in [2.45, 2.75) is 0 Å². The molecule has 8 heteroatoms. The van der Waals surface area contributed by atoms with Crippen molar-refractivity contribution in [2.24, 2.45) is 0 Å². The Morgan fingerprint density at radius 3 is 2.30 bits per heavy atom. The first-order valence-electron chi connectivity index (χ1n) is 9.99. The zero-order valence-corrected chi connectivity index (χ0v) is 17.6. The maximum absolute atomic E-state index is 12.8. The Balaban J connectivity index is 1.53. The van der Waals surface area contributed by atoms with Crippen LogP contribution in [0, 0.1) is 10.1 Å². The molecule has 2 N–H and O–H groups in total. The van der Waals surface area contributed by atoms with E-state index in [1.165, 1.54) is 25.3 Å². The van der Waals surface area contributed by atoms with Crippen LogP contribution in [0.4, 0.5) is 17.1 Å². The molecule has 164 valence electrons. The predicted molar refractivity (Wildman–Crippen MR) is 126 cm³/mol. The summed E-state index contributed by atoms with van der Waals surface area (Å²) in [7, 11) is 1.32. The smallest absolute Gasteiger partial charge is 0.311 e. The van der Waals surface area contributed by atoms with Gasteiger partial charge in [0.05, 0.1) is 12.0 Å². The van der Waals surface area contributed by atoms with Crippen molar-refractivity contribution in [2.75, 3.05) is 17.7 Å². The third-order valence-corrected chi connectivity index (χ3v) is 5.06. The molecule has 4 aromatic carbocycles. The van der Waals surface area contributed by atoms with E-state index in [0.29, 0.717) is 16.9 Å². The molecule has 0 saturated carbocycles. The zero-order chi connectivity index (χ0) is 23.4. The van der Waals surface area contributed by atoms with Gasteiger partial charge in [-0.2, -0.15) is 0 Å². The molecule has 8 nitrogen and oxygen atoms in total. The summed E-state index contributed by atoms with van der Waals surface area (Å²) in [5.41, 5.74) is 1.19. The van der Waals surface area contributed by atoms with Gasteiger partial charge in [0.15, 0.2) is 5.75 Å². The zero-order valence-electron chi connectivity index (χ0n) is 17.6. The van der Waals surface area contributed by atoms with Gasteiger partial charge < -0.3 is 15.4 Å². The molecule has 0 aromatic heterocycles. The Morgan fingerprint density at radius 1 is 0.818 bits per heavy atom. The molecule has 0 atom stereocenters. The van der Waals surface area contributed by atoms with E-state index in [4.69, 9.17) is 4.74 Å². The summed E-state index contributed by atoms with van der Waals surface area (Å²) in [4.78, 5) is 36.1. The number of carbonyl (C=O) groups excluding carboxylic acids is 2. The fourth-order valence-corrected chi connectivity index (χ4v) is 3.44. The minimum atomic E-state index is -0.617. The van der Waals surface area contributed by atoms with E-state index in [-0.39, 0.29) is 22.9 Å². The number of methoxy groups -OCH3 is 1. The van der Waals surface area contributed by atoms with E-state index in [1.54, 1.807) is 18.2 Å². The molecule has 4 rings (SSSR count). The maximum Gasteiger partial charge on any atom is 0.311 e. The van der Waals surface area contributed by atoms with Crippen LogP contribution in [0.15, 0.2) is 84.9 Å². The van der Waals surface area contributed by atoms with Crippen LogP contribution in [0.2, 0.25) is 0 Å². The average Bonchev–Trinajstić information content (AvgIpc) is 2.84. The molecule has 0 aliphatic carbocycles. The molecular weight excluding hydrogens is 422 g/mol. The highest BCUT2D eigenvalue weighted by molar-refractivity contribution is 6.10. The summed E-state index contributed by atoms with van der Waals surface area (Å²) in [6.45, 7) is 0. The number of anilines is 2. The lowest BCUT2D eigenvalue weighted by Crippen LogP contribution is -2.15. The first-order valence-corrected chi connectivity index (χ1v) is 9.99. The SMILES string of the molecule is COc1ccc(C(=O)Nc2cccc(C(=O)Nc3cccc4ccccc34)c2)cc1[N+](=O)[O-]. The largest absolute Gasteiger partial charge is 0.490 e. The Morgan fingerprint density at radius 2 is 1.52 bits per heavy atom. The van der Waals surface area contributed by atoms with Gasteiger partial charge in [-0.05, 0) is 41.8 Å². The fourth-order valence-electron chi connectivity index (χ4n) is 3.44. The molecule has 4 aromatic rings. The van der Waals surface area contributed by atoms with Crippen LogP contribution >= 0.6 is 0 Å². The van der Waals surface area contributed by atoms with E-state index in [0.717, 1.165) is 16.8 Å². The van der Waals surface area contributed by atoms with E-state index in [1.807, 2.05) is 42.5 Å². The average molecular weight is 441 g/mol. The Hall–Kier alpha value is -4.72. The topological polar surface area (TPSA) is 111 Å². The van der Waals surface area contributed by atoms with Crippen LogP contribution in [0.3, 0.4) is 0 Å². The maximum atomic E-state index is 12.8. The predicted octanol–water partition coefficient (Wildman–Crippen LogP) is 5.26. The van der Waals surface area contributed by atoms with Crippen molar-refractivity contribution in [1.82, 2.24) is 0 Å². The first kappa shape index (κ1) is 21.5. The summed E-state index contributed by atoms with van der Waals surface area (Å²) < 4.78 is 4.96. The highest BCUT2D eigenvalue weighted by Crippen LogP contribution is 2.28. The summed E-state index contributed by atoms with van der Waals surface area (Å²) in [6.07, 6.45) is 0. The van der Waals surface area contributed by atoms with Crippen LogP contribution in [0.25, 0.3) is 10.8 Å². The Labute approximate surface area is 189 Å². The minimum absolute atomic E-state index is 0.0589. The Kier molecular flexibility index (Phi) is 5.99. The molecule has 2 amide bonds. The summed E-state index contributed by atoms with van der Waals surface area (Å²) in [5.74, 6) is -0.821. The van der Waals surface area contributed by atoms with Crippen molar-refractivity contribution < 1.29 is 19.2 Å². The van der Waals surface area contributed by atoms with Gasteiger partial charge in [-0.15, -0.1) is 0 Å². The molecule has 0 spiro atoms.